The third-order valence-electron chi connectivity index (χ3n) is 2.84. The number of hydrogen-bond donors (Lipinski definition) is 2. The standard InChI is InChI=1S/C15H12ClN3O/c16-14-8-11(19-15(18)20)6-7-12(14)13(9-17)10-4-2-1-3-5-10/h1-8,13H,(H3,18,19,20)/t13-/m0/s1. The molecular formula is C15H12ClN3O. The molecule has 3 N–H and O–H groups in total. The lowest BCUT2D eigenvalue weighted by atomic mass is 9.92. The summed E-state index contributed by atoms with van der Waals surface area (Å²) in [5.74, 6) is -0.452. The molecule has 2 aromatic rings. The summed E-state index contributed by atoms with van der Waals surface area (Å²) in [6, 6.07) is 15.9. The Balaban J connectivity index is 2.37. The summed E-state index contributed by atoms with van der Waals surface area (Å²) >= 11 is 6.19. The van der Waals surface area contributed by atoms with E-state index in [1.807, 2.05) is 30.3 Å². The summed E-state index contributed by atoms with van der Waals surface area (Å²) in [5.41, 5.74) is 7.10. The fourth-order valence-electron chi connectivity index (χ4n) is 1.95. The van der Waals surface area contributed by atoms with Gasteiger partial charge in [0, 0.05) is 10.7 Å². The molecule has 0 saturated heterocycles. The van der Waals surface area contributed by atoms with E-state index in [2.05, 4.69) is 11.4 Å². The number of nitrogens with zero attached hydrogens (tertiary/aromatic N) is 1. The predicted molar refractivity (Wildman–Crippen MR) is 78.6 cm³/mol. The van der Waals surface area contributed by atoms with Gasteiger partial charge in [0.05, 0.1) is 12.0 Å². The first kappa shape index (κ1) is 13.9. The van der Waals surface area contributed by atoms with Crippen LogP contribution < -0.4 is 11.1 Å². The zero-order valence-electron chi connectivity index (χ0n) is 10.5. The van der Waals surface area contributed by atoms with Gasteiger partial charge in [-0.05, 0) is 23.3 Å². The first-order valence-corrected chi connectivity index (χ1v) is 6.30. The van der Waals surface area contributed by atoms with Gasteiger partial charge in [0.1, 0.15) is 0 Å². The van der Waals surface area contributed by atoms with Crippen LogP contribution in [0, 0.1) is 11.3 Å². The second-order valence-corrected chi connectivity index (χ2v) is 4.61. The van der Waals surface area contributed by atoms with Gasteiger partial charge in [-0.2, -0.15) is 5.26 Å². The normalized spacial score (nSPS) is 11.4. The zero-order chi connectivity index (χ0) is 14.5. The predicted octanol–water partition coefficient (Wildman–Crippen LogP) is 3.49. The summed E-state index contributed by atoms with van der Waals surface area (Å²) in [5, 5.41) is 12.2. The summed E-state index contributed by atoms with van der Waals surface area (Å²) in [7, 11) is 0. The minimum absolute atomic E-state index is 0.409. The Morgan fingerprint density at radius 2 is 1.95 bits per heavy atom. The molecule has 0 bridgehead atoms. The molecule has 0 unspecified atom stereocenters. The van der Waals surface area contributed by atoms with Crippen molar-refractivity contribution in [2.24, 2.45) is 5.73 Å². The highest BCUT2D eigenvalue weighted by Crippen LogP contribution is 2.31. The number of amides is 2. The monoisotopic (exact) mass is 285 g/mol. The highest BCUT2D eigenvalue weighted by atomic mass is 35.5. The molecule has 2 rings (SSSR count). The second-order valence-electron chi connectivity index (χ2n) is 4.20. The van der Waals surface area contributed by atoms with Crippen molar-refractivity contribution in [1.82, 2.24) is 0 Å². The van der Waals surface area contributed by atoms with E-state index in [9.17, 15) is 10.1 Å². The Morgan fingerprint density at radius 1 is 1.25 bits per heavy atom. The van der Waals surface area contributed by atoms with Crippen LogP contribution in [0.5, 0.6) is 0 Å². The fraction of sp³-hybridized carbons (Fsp3) is 0.0667. The molecule has 0 aliphatic heterocycles. The van der Waals surface area contributed by atoms with Crippen LogP contribution >= 0.6 is 11.6 Å². The van der Waals surface area contributed by atoms with Crippen molar-refractivity contribution in [1.29, 1.82) is 5.26 Å². The Labute approximate surface area is 121 Å². The van der Waals surface area contributed by atoms with Gasteiger partial charge in [-0.15, -0.1) is 0 Å². The SMILES string of the molecule is N#C[C@@H](c1ccccc1)c1ccc(NC(N)=O)cc1Cl. The van der Waals surface area contributed by atoms with Crippen LogP contribution in [0.15, 0.2) is 48.5 Å². The minimum atomic E-state index is -0.659. The molecule has 0 aliphatic carbocycles. The van der Waals surface area contributed by atoms with E-state index >= 15 is 0 Å². The molecule has 2 aromatic carbocycles. The molecule has 100 valence electrons. The Morgan fingerprint density at radius 3 is 2.50 bits per heavy atom. The molecule has 0 aliphatic rings. The molecule has 0 aromatic heterocycles. The molecule has 5 heteroatoms. The van der Waals surface area contributed by atoms with Crippen LogP contribution in [0.3, 0.4) is 0 Å². The van der Waals surface area contributed by atoms with Gasteiger partial charge < -0.3 is 11.1 Å². The Bertz CT molecular complexity index is 665. The lowest BCUT2D eigenvalue weighted by Crippen LogP contribution is -2.19. The van der Waals surface area contributed by atoms with Crippen LogP contribution in [0.25, 0.3) is 0 Å². The molecule has 0 saturated carbocycles. The van der Waals surface area contributed by atoms with Gasteiger partial charge in [0.25, 0.3) is 0 Å². The quantitative estimate of drug-likeness (QED) is 0.905. The van der Waals surface area contributed by atoms with Gasteiger partial charge in [-0.1, -0.05) is 48.0 Å². The zero-order valence-corrected chi connectivity index (χ0v) is 11.3. The number of anilines is 1. The van der Waals surface area contributed by atoms with E-state index in [4.69, 9.17) is 17.3 Å². The molecule has 0 spiro atoms. The summed E-state index contributed by atoms with van der Waals surface area (Å²) in [6.45, 7) is 0. The summed E-state index contributed by atoms with van der Waals surface area (Å²) in [4.78, 5) is 10.8. The number of nitrogens with two attached hydrogens (primary N) is 1. The van der Waals surface area contributed by atoms with Crippen molar-refractivity contribution in [3.05, 3.63) is 64.7 Å². The number of nitriles is 1. The van der Waals surface area contributed by atoms with Crippen molar-refractivity contribution in [3.63, 3.8) is 0 Å². The van der Waals surface area contributed by atoms with Crippen LogP contribution in [-0.4, -0.2) is 6.03 Å². The molecule has 0 heterocycles. The fourth-order valence-corrected chi connectivity index (χ4v) is 2.24. The average molecular weight is 286 g/mol. The topological polar surface area (TPSA) is 78.9 Å². The number of carbonyl (C=O) groups excluding carboxylic acids is 1. The van der Waals surface area contributed by atoms with E-state index in [0.29, 0.717) is 16.3 Å². The maximum absolute atomic E-state index is 10.8. The molecule has 2 amide bonds. The van der Waals surface area contributed by atoms with Crippen molar-refractivity contribution < 1.29 is 4.79 Å². The van der Waals surface area contributed by atoms with Crippen LogP contribution in [0.1, 0.15) is 17.0 Å². The number of benzene rings is 2. The summed E-state index contributed by atoms with van der Waals surface area (Å²) in [6.07, 6.45) is 0. The molecular weight excluding hydrogens is 274 g/mol. The molecule has 4 nitrogen and oxygen atoms in total. The number of halogens is 1. The van der Waals surface area contributed by atoms with Crippen molar-refractivity contribution in [2.45, 2.75) is 5.92 Å². The van der Waals surface area contributed by atoms with E-state index in [-0.39, 0.29) is 0 Å². The maximum Gasteiger partial charge on any atom is 0.316 e. The smallest absolute Gasteiger partial charge is 0.316 e. The Kier molecular flexibility index (Phi) is 4.24. The number of rotatable bonds is 3. The molecule has 20 heavy (non-hydrogen) atoms. The maximum atomic E-state index is 10.8. The van der Waals surface area contributed by atoms with E-state index in [1.54, 1.807) is 18.2 Å². The van der Waals surface area contributed by atoms with E-state index in [1.165, 1.54) is 0 Å². The van der Waals surface area contributed by atoms with Crippen molar-refractivity contribution >= 4 is 23.3 Å². The number of nitrogens with one attached hydrogen (secondary N) is 1. The second kappa shape index (κ2) is 6.09. The summed E-state index contributed by atoms with van der Waals surface area (Å²) < 4.78 is 0. The number of hydrogen-bond acceptors (Lipinski definition) is 2. The number of urea groups is 1. The number of carbonyl (C=O) groups is 1. The third kappa shape index (κ3) is 3.08. The number of primary amides is 1. The largest absolute Gasteiger partial charge is 0.351 e. The third-order valence-corrected chi connectivity index (χ3v) is 3.17. The van der Waals surface area contributed by atoms with E-state index < -0.39 is 11.9 Å². The first-order chi connectivity index (χ1) is 9.61. The highest BCUT2D eigenvalue weighted by Gasteiger charge is 2.16. The van der Waals surface area contributed by atoms with Gasteiger partial charge in [0.15, 0.2) is 0 Å². The van der Waals surface area contributed by atoms with Crippen LogP contribution in [0.2, 0.25) is 5.02 Å². The van der Waals surface area contributed by atoms with Crippen LogP contribution in [-0.2, 0) is 0 Å². The average Bonchev–Trinajstić information content (AvgIpc) is 2.42. The van der Waals surface area contributed by atoms with Gasteiger partial charge >= 0.3 is 6.03 Å². The van der Waals surface area contributed by atoms with Crippen molar-refractivity contribution in [2.75, 3.05) is 5.32 Å². The van der Waals surface area contributed by atoms with E-state index in [0.717, 1.165) is 5.56 Å². The molecule has 0 fully saturated rings. The van der Waals surface area contributed by atoms with Gasteiger partial charge in [0.2, 0.25) is 0 Å². The Hall–Kier alpha value is -2.51. The molecule has 1 atom stereocenters. The van der Waals surface area contributed by atoms with Gasteiger partial charge in [-0.3, -0.25) is 0 Å². The van der Waals surface area contributed by atoms with Crippen molar-refractivity contribution in [3.8, 4) is 6.07 Å². The lowest BCUT2D eigenvalue weighted by Gasteiger charge is -2.13. The lowest BCUT2D eigenvalue weighted by molar-refractivity contribution is 0.259. The highest BCUT2D eigenvalue weighted by molar-refractivity contribution is 6.31. The van der Waals surface area contributed by atoms with Gasteiger partial charge in [-0.25, -0.2) is 4.79 Å². The minimum Gasteiger partial charge on any atom is -0.351 e. The first-order valence-electron chi connectivity index (χ1n) is 5.92. The molecule has 0 radical (unpaired) electrons. The van der Waals surface area contributed by atoms with Crippen LogP contribution in [0.4, 0.5) is 10.5 Å².